The van der Waals surface area contributed by atoms with E-state index < -0.39 is 0 Å². The van der Waals surface area contributed by atoms with Crippen LogP contribution in [0.15, 0.2) is 0 Å². The van der Waals surface area contributed by atoms with E-state index in [1.54, 1.807) is 0 Å². The van der Waals surface area contributed by atoms with E-state index in [1.807, 2.05) is 0 Å². The van der Waals surface area contributed by atoms with Gasteiger partial charge in [0.2, 0.25) is 0 Å². The van der Waals surface area contributed by atoms with Crippen molar-refractivity contribution >= 4 is 0 Å². The van der Waals surface area contributed by atoms with E-state index in [0.29, 0.717) is 12.7 Å². The molecule has 0 fully saturated rings. The van der Waals surface area contributed by atoms with Gasteiger partial charge in [0.15, 0.2) is 0 Å². The van der Waals surface area contributed by atoms with E-state index in [-0.39, 0.29) is 0 Å². The molecule has 1 radical (unpaired) electrons. The van der Waals surface area contributed by atoms with Crippen LogP contribution in [0, 0.1) is 6.92 Å². The number of ether oxygens (including phenoxy) is 1. The standard InChI is InChI=1S/C12H25O/c1-4-7-8-9-11-12(10-5-2)13-6-3/h12H,3-11H2,1-2H3. The lowest BCUT2D eigenvalue weighted by molar-refractivity contribution is 0.0578. The van der Waals surface area contributed by atoms with Crippen molar-refractivity contribution < 1.29 is 4.74 Å². The lowest BCUT2D eigenvalue weighted by Crippen LogP contribution is -2.12. The van der Waals surface area contributed by atoms with Gasteiger partial charge in [0, 0.05) is 6.61 Å². The van der Waals surface area contributed by atoms with Crippen LogP contribution in [-0.4, -0.2) is 12.7 Å². The van der Waals surface area contributed by atoms with E-state index in [4.69, 9.17) is 4.74 Å². The molecule has 1 atom stereocenters. The molecule has 0 aliphatic rings. The first kappa shape index (κ1) is 13.0. The highest BCUT2D eigenvalue weighted by Crippen LogP contribution is 2.12. The highest BCUT2D eigenvalue weighted by molar-refractivity contribution is 4.58. The van der Waals surface area contributed by atoms with Crippen LogP contribution in [-0.2, 0) is 4.74 Å². The maximum absolute atomic E-state index is 5.55. The number of unbranched alkanes of at least 4 members (excludes halogenated alkanes) is 3. The van der Waals surface area contributed by atoms with Crippen LogP contribution in [0.4, 0.5) is 0 Å². The van der Waals surface area contributed by atoms with Crippen molar-refractivity contribution in [2.75, 3.05) is 6.61 Å². The summed E-state index contributed by atoms with van der Waals surface area (Å²) in [5.41, 5.74) is 0. The molecule has 0 bridgehead atoms. The van der Waals surface area contributed by atoms with E-state index in [0.717, 1.165) is 0 Å². The van der Waals surface area contributed by atoms with Gasteiger partial charge >= 0.3 is 0 Å². The Labute approximate surface area is 83.9 Å². The van der Waals surface area contributed by atoms with Crippen LogP contribution in [0.5, 0.6) is 0 Å². The quantitative estimate of drug-likeness (QED) is 0.494. The molecular weight excluding hydrogens is 160 g/mol. The van der Waals surface area contributed by atoms with Crippen molar-refractivity contribution in [1.82, 2.24) is 0 Å². The summed E-state index contributed by atoms with van der Waals surface area (Å²) in [5, 5.41) is 0. The summed E-state index contributed by atoms with van der Waals surface area (Å²) < 4.78 is 5.55. The van der Waals surface area contributed by atoms with Gasteiger partial charge in [-0.2, -0.15) is 0 Å². The molecule has 0 aromatic heterocycles. The first-order valence-electron chi connectivity index (χ1n) is 5.76. The third-order valence-corrected chi connectivity index (χ3v) is 2.34. The van der Waals surface area contributed by atoms with Gasteiger partial charge in [0.1, 0.15) is 0 Å². The maximum Gasteiger partial charge on any atom is 0.0575 e. The minimum Gasteiger partial charge on any atom is -0.378 e. The molecule has 0 heterocycles. The van der Waals surface area contributed by atoms with E-state index >= 15 is 0 Å². The van der Waals surface area contributed by atoms with Crippen LogP contribution in [0.3, 0.4) is 0 Å². The number of hydrogen-bond acceptors (Lipinski definition) is 1. The van der Waals surface area contributed by atoms with Gasteiger partial charge in [-0.1, -0.05) is 46.0 Å². The molecule has 0 rings (SSSR count). The molecule has 0 aromatic rings. The van der Waals surface area contributed by atoms with Crippen molar-refractivity contribution in [3.05, 3.63) is 6.92 Å². The fourth-order valence-corrected chi connectivity index (χ4v) is 1.60. The van der Waals surface area contributed by atoms with Crippen LogP contribution < -0.4 is 0 Å². The van der Waals surface area contributed by atoms with Gasteiger partial charge < -0.3 is 4.74 Å². The second-order valence-electron chi connectivity index (χ2n) is 3.63. The van der Waals surface area contributed by atoms with Crippen molar-refractivity contribution in [2.24, 2.45) is 0 Å². The van der Waals surface area contributed by atoms with E-state index in [2.05, 4.69) is 20.8 Å². The minimum absolute atomic E-state index is 0.472. The van der Waals surface area contributed by atoms with E-state index in [9.17, 15) is 0 Å². The first-order chi connectivity index (χ1) is 6.35. The molecule has 13 heavy (non-hydrogen) atoms. The van der Waals surface area contributed by atoms with Crippen LogP contribution >= 0.6 is 0 Å². The topological polar surface area (TPSA) is 9.23 Å². The molecule has 1 unspecified atom stereocenters. The van der Waals surface area contributed by atoms with Gasteiger partial charge in [-0.05, 0) is 19.8 Å². The van der Waals surface area contributed by atoms with Gasteiger partial charge in [-0.15, -0.1) is 0 Å². The summed E-state index contributed by atoms with van der Waals surface area (Å²) in [5.74, 6) is 0. The average Bonchev–Trinajstić information content (AvgIpc) is 2.13. The molecule has 1 nitrogen and oxygen atoms in total. The van der Waals surface area contributed by atoms with Crippen LogP contribution in [0.1, 0.15) is 58.8 Å². The van der Waals surface area contributed by atoms with Gasteiger partial charge in [-0.25, -0.2) is 0 Å². The molecule has 79 valence electrons. The summed E-state index contributed by atoms with van der Waals surface area (Å²) in [4.78, 5) is 0. The normalized spacial score (nSPS) is 13.2. The molecule has 0 amide bonds. The molecule has 0 saturated carbocycles. The predicted octanol–water partition coefficient (Wildman–Crippen LogP) is 3.98. The first-order valence-corrected chi connectivity index (χ1v) is 5.76. The van der Waals surface area contributed by atoms with Gasteiger partial charge in [0.05, 0.1) is 6.10 Å². The third kappa shape index (κ3) is 8.29. The van der Waals surface area contributed by atoms with Crippen molar-refractivity contribution in [3.8, 4) is 0 Å². The van der Waals surface area contributed by atoms with Crippen LogP contribution in [0.2, 0.25) is 0 Å². The Hall–Kier alpha value is -0.0400. The smallest absolute Gasteiger partial charge is 0.0575 e. The minimum atomic E-state index is 0.472. The lowest BCUT2D eigenvalue weighted by Gasteiger charge is -2.15. The summed E-state index contributed by atoms with van der Waals surface area (Å²) in [7, 11) is 0. The molecule has 0 spiro atoms. The zero-order valence-electron chi connectivity index (χ0n) is 9.35. The molecule has 0 aliphatic carbocycles. The number of rotatable bonds is 9. The highest BCUT2D eigenvalue weighted by atomic mass is 16.5. The molecule has 0 aromatic carbocycles. The monoisotopic (exact) mass is 185 g/mol. The number of hydrogen-bond donors (Lipinski definition) is 0. The molecule has 0 N–H and O–H groups in total. The molecule has 0 saturated heterocycles. The average molecular weight is 185 g/mol. The highest BCUT2D eigenvalue weighted by Gasteiger charge is 2.05. The Balaban J connectivity index is 3.33. The van der Waals surface area contributed by atoms with Crippen LogP contribution in [0.25, 0.3) is 0 Å². The van der Waals surface area contributed by atoms with E-state index in [1.165, 1.54) is 44.9 Å². The lowest BCUT2D eigenvalue weighted by atomic mass is 10.1. The summed E-state index contributed by atoms with van der Waals surface area (Å²) in [6.07, 6.45) is 9.47. The predicted molar refractivity (Wildman–Crippen MR) is 58.8 cm³/mol. The van der Waals surface area contributed by atoms with Gasteiger partial charge in [0.25, 0.3) is 0 Å². The Kier molecular flexibility index (Phi) is 10.0. The van der Waals surface area contributed by atoms with Crippen molar-refractivity contribution in [2.45, 2.75) is 64.9 Å². The fraction of sp³-hybridized carbons (Fsp3) is 0.917. The Morgan fingerprint density at radius 2 is 1.77 bits per heavy atom. The summed E-state index contributed by atoms with van der Waals surface area (Å²) >= 11 is 0. The largest absolute Gasteiger partial charge is 0.378 e. The zero-order chi connectivity index (χ0) is 9.94. The molecule has 0 aliphatic heterocycles. The molecule has 1 heteroatoms. The zero-order valence-corrected chi connectivity index (χ0v) is 9.35. The van der Waals surface area contributed by atoms with Crippen molar-refractivity contribution in [3.63, 3.8) is 0 Å². The Morgan fingerprint density at radius 3 is 2.31 bits per heavy atom. The maximum atomic E-state index is 5.55. The second kappa shape index (κ2) is 10.0. The Bertz CT molecular complexity index is 85.1. The van der Waals surface area contributed by atoms with Gasteiger partial charge in [-0.3, -0.25) is 0 Å². The Morgan fingerprint density at radius 1 is 1.00 bits per heavy atom. The summed E-state index contributed by atoms with van der Waals surface area (Å²) in [6.45, 7) is 8.81. The fourth-order valence-electron chi connectivity index (χ4n) is 1.60. The molecular formula is C12H25O. The third-order valence-electron chi connectivity index (χ3n) is 2.34. The summed E-state index contributed by atoms with van der Waals surface area (Å²) in [6, 6.07) is 0. The SMILES string of the molecule is [CH2]COC(CCC)CCCCCC. The second-order valence-corrected chi connectivity index (χ2v) is 3.63. The van der Waals surface area contributed by atoms with Crippen molar-refractivity contribution in [1.29, 1.82) is 0 Å².